The molecule has 0 spiro atoms. The Morgan fingerprint density at radius 3 is 2.48 bits per heavy atom. The van der Waals surface area contributed by atoms with Gasteiger partial charge in [-0.1, -0.05) is 18.2 Å². The first-order valence-electron chi connectivity index (χ1n) is 8.88. The van der Waals surface area contributed by atoms with Crippen molar-refractivity contribution in [1.82, 2.24) is 4.98 Å². The van der Waals surface area contributed by atoms with Crippen LogP contribution in [0.3, 0.4) is 0 Å². The van der Waals surface area contributed by atoms with Gasteiger partial charge in [-0.2, -0.15) is 0 Å². The van der Waals surface area contributed by atoms with Gasteiger partial charge >= 0.3 is 6.09 Å². The Kier molecular flexibility index (Phi) is 5.31. The van der Waals surface area contributed by atoms with E-state index in [0.29, 0.717) is 12.3 Å². The number of benzene rings is 2. The number of aryl methyl sites for hydroxylation is 1. The van der Waals surface area contributed by atoms with Crippen LogP contribution < -0.4 is 10.1 Å². The molecular formula is C22H24N2O3. The van der Waals surface area contributed by atoms with E-state index in [2.05, 4.69) is 10.3 Å². The number of aromatic nitrogens is 1. The molecule has 0 bridgehead atoms. The lowest BCUT2D eigenvalue weighted by Crippen LogP contribution is -2.27. The van der Waals surface area contributed by atoms with Gasteiger partial charge in [-0.3, -0.25) is 10.3 Å². The quantitative estimate of drug-likeness (QED) is 0.667. The summed E-state index contributed by atoms with van der Waals surface area (Å²) in [5, 5.41) is 3.80. The Morgan fingerprint density at radius 2 is 1.78 bits per heavy atom. The molecule has 3 aromatic rings. The Morgan fingerprint density at radius 1 is 1.07 bits per heavy atom. The van der Waals surface area contributed by atoms with E-state index >= 15 is 0 Å². The van der Waals surface area contributed by atoms with Crippen LogP contribution in [0.2, 0.25) is 0 Å². The molecule has 0 saturated heterocycles. The van der Waals surface area contributed by atoms with Crippen LogP contribution in [0, 0.1) is 6.92 Å². The average Bonchev–Trinajstić information content (AvgIpc) is 2.59. The summed E-state index contributed by atoms with van der Waals surface area (Å²) in [4.78, 5) is 16.4. The molecule has 2 aromatic carbocycles. The van der Waals surface area contributed by atoms with E-state index in [1.54, 1.807) is 12.1 Å². The van der Waals surface area contributed by atoms with Crippen LogP contribution in [0.4, 0.5) is 10.5 Å². The molecule has 0 unspecified atom stereocenters. The first-order valence-corrected chi connectivity index (χ1v) is 8.88. The monoisotopic (exact) mass is 364 g/mol. The lowest BCUT2D eigenvalue weighted by atomic mass is 10.1. The lowest BCUT2D eigenvalue weighted by molar-refractivity contribution is 0.0636. The minimum atomic E-state index is -0.529. The van der Waals surface area contributed by atoms with Crippen molar-refractivity contribution in [3.63, 3.8) is 0 Å². The number of carbonyl (C=O) groups is 1. The number of nitrogens with zero attached hydrogens (tertiary/aromatic N) is 1. The molecule has 0 radical (unpaired) electrons. The first-order chi connectivity index (χ1) is 12.8. The van der Waals surface area contributed by atoms with Crippen molar-refractivity contribution in [3.8, 4) is 5.75 Å². The Balaban J connectivity index is 1.65. The smallest absolute Gasteiger partial charge is 0.412 e. The van der Waals surface area contributed by atoms with Crippen molar-refractivity contribution in [1.29, 1.82) is 0 Å². The van der Waals surface area contributed by atoms with E-state index < -0.39 is 11.7 Å². The third-order valence-electron chi connectivity index (χ3n) is 3.82. The highest BCUT2D eigenvalue weighted by atomic mass is 16.6. The van der Waals surface area contributed by atoms with Crippen molar-refractivity contribution in [2.75, 3.05) is 5.32 Å². The lowest BCUT2D eigenvalue weighted by Gasteiger charge is -2.19. The van der Waals surface area contributed by atoms with E-state index in [9.17, 15) is 4.79 Å². The van der Waals surface area contributed by atoms with Gasteiger partial charge in [-0.25, -0.2) is 4.79 Å². The van der Waals surface area contributed by atoms with Crippen molar-refractivity contribution in [2.45, 2.75) is 39.9 Å². The van der Waals surface area contributed by atoms with Crippen LogP contribution >= 0.6 is 0 Å². The molecule has 0 saturated carbocycles. The van der Waals surface area contributed by atoms with Crippen LogP contribution in [-0.4, -0.2) is 16.7 Å². The number of amides is 1. The van der Waals surface area contributed by atoms with Gasteiger partial charge in [-0.15, -0.1) is 0 Å². The fraction of sp³-hybridized carbons (Fsp3) is 0.273. The van der Waals surface area contributed by atoms with E-state index in [1.807, 2.05) is 70.2 Å². The van der Waals surface area contributed by atoms with Gasteiger partial charge in [-0.05, 0) is 64.1 Å². The minimum absolute atomic E-state index is 0.447. The third-order valence-corrected chi connectivity index (χ3v) is 3.82. The fourth-order valence-electron chi connectivity index (χ4n) is 2.73. The number of ether oxygens (including phenoxy) is 2. The molecule has 1 N–H and O–H groups in total. The standard InChI is InChI=1S/C22H24N2O3/c1-15-13-16(19-7-5-6-8-20(19)23-15)14-26-18-11-9-17(10-12-18)24-21(25)27-22(2,3)4/h5-13H,14H2,1-4H3,(H,24,25). The van der Waals surface area contributed by atoms with Crippen LogP contribution in [0.15, 0.2) is 54.6 Å². The van der Waals surface area contributed by atoms with Crippen molar-refractivity contribution in [3.05, 3.63) is 65.9 Å². The molecule has 27 heavy (non-hydrogen) atoms. The van der Waals surface area contributed by atoms with Crippen LogP contribution in [0.1, 0.15) is 32.0 Å². The average molecular weight is 364 g/mol. The fourth-order valence-corrected chi connectivity index (χ4v) is 2.73. The van der Waals surface area contributed by atoms with Crippen LogP contribution in [0.25, 0.3) is 10.9 Å². The number of para-hydroxylation sites is 1. The van der Waals surface area contributed by atoms with Gasteiger partial charge in [0, 0.05) is 22.3 Å². The highest BCUT2D eigenvalue weighted by Gasteiger charge is 2.16. The minimum Gasteiger partial charge on any atom is -0.489 e. The Hall–Kier alpha value is -3.08. The summed E-state index contributed by atoms with van der Waals surface area (Å²) >= 11 is 0. The number of fused-ring (bicyclic) bond motifs is 1. The number of rotatable bonds is 4. The highest BCUT2D eigenvalue weighted by molar-refractivity contribution is 5.85. The van der Waals surface area contributed by atoms with Gasteiger partial charge in [0.05, 0.1) is 5.52 Å². The predicted octanol–water partition coefficient (Wildman–Crippen LogP) is 5.47. The maximum atomic E-state index is 11.8. The first kappa shape index (κ1) is 18.7. The molecule has 0 aliphatic carbocycles. The van der Waals surface area contributed by atoms with Crippen molar-refractivity contribution in [2.24, 2.45) is 0 Å². The second-order valence-electron chi connectivity index (χ2n) is 7.38. The van der Waals surface area contributed by atoms with Crippen molar-refractivity contribution >= 4 is 22.7 Å². The zero-order valence-corrected chi connectivity index (χ0v) is 16.1. The third kappa shape index (κ3) is 5.20. The number of hydrogen-bond acceptors (Lipinski definition) is 4. The number of anilines is 1. The molecule has 5 nitrogen and oxygen atoms in total. The molecule has 1 heterocycles. The summed E-state index contributed by atoms with van der Waals surface area (Å²) in [6.07, 6.45) is -0.477. The number of nitrogens with one attached hydrogen (secondary N) is 1. The van der Waals surface area contributed by atoms with Gasteiger partial charge in [0.1, 0.15) is 18.0 Å². The second-order valence-corrected chi connectivity index (χ2v) is 7.38. The molecule has 1 amide bonds. The van der Waals surface area contributed by atoms with Gasteiger partial charge in [0.25, 0.3) is 0 Å². The maximum Gasteiger partial charge on any atom is 0.412 e. The normalized spacial score (nSPS) is 11.3. The maximum absolute atomic E-state index is 11.8. The molecule has 1 aromatic heterocycles. The zero-order chi connectivity index (χ0) is 19.4. The van der Waals surface area contributed by atoms with Crippen molar-refractivity contribution < 1.29 is 14.3 Å². The largest absolute Gasteiger partial charge is 0.489 e. The SMILES string of the molecule is Cc1cc(COc2ccc(NC(=O)OC(C)(C)C)cc2)c2ccccc2n1. The van der Waals surface area contributed by atoms with E-state index in [4.69, 9.17) is 9.47 Å². The summed E-state index contributed by atoms with van der Waals surface area (Å²) in [7, 11) is 0. The van der Waals surface area contributed by atoms with E-state index in [0.717, 1.165) is 27.9 Å². The summed E-state index contributed by atoms with van der Waals surface area (Å²) < 4.78 is 11.2. The summed E-state index contributed by atoms with van der Waals surface area (Å²) in [6.45, 7) is 7.91. The summed E-state index contributed by atoms with van der Waals surface area (Å²) in [6, 6.07) is 17.3. The molecule has 0 aliphatic rings. The zero-order valence-electron chi connectivity index (χ0n) is 16.1. The van der Waals surface area contributed by atoms with E-state index in [1.165, 1.54) is 0 Å². The van der Waals surface area contributed by atoms with Crippen LogP contribution in [-0.2, 0) is 11.3 Å². The molecule has 5 heteroatoms. The number of hydrogen-bond donors (Lipinski definition) is 1. The predicted molar refractivity (Wildman–Crippen MR) is 107 cm³/mol. The summed E-state index contributed by atoms with van der Waals surface area (Å²) in [5.41, 5.74) is 3.14. The highest BCUT2D eigenvalue weighted by Crippen LogP contribution is 2.22. The van der Waals surface area contributed by atoms with Gasteiger partial charge < -0.3 is 9.47 Å². The number of carbonyl (C=O) groups excluding carboxylic acids is 1. The molecule has 0 aliphatic heterocycles. The van der Waals surface area contributed by atoms with Gasteiger partial charge in [0.2, 0.25) is 0 Å². The topological polar surface area (TPSA) is 60.5 Å². The molecule has 3 rings (SSSR count). The van der Waals surface area contributed by atoms with E-state index in [-0.39, 0.29) is 0 Å². The second kappa shape index (κ2) is 7.66. The Labute approximate surface area is 159 Å². The molecular weight excluding hydrogens is 340 g/mol. The summed E-state index contributed by atoms with van der Waals surface area (Å²) in [5.74, 6) is 0.725. The number of pyridine rings is 1. The Bertz CT molecular complexity index is 944. The molecule has 0 fully saturated rings. The molecule has 0 atom stereocenters. The van der Waals surface area contributed by atoms with Crippen LogP contribution in [0.5, 0.6) is 5.75 Å². The molecule has 140 valence electrons. The van der Waals surface area contributed by atoms with Gasteiger partial charge in [0.15, 0.2) is 0 Å².